The number of carbonyl (C=O) groups is 2. The molecule has 1 fully saturated rings. The zero-order valence-corrected chi connectivity index (χ0v) is 14.2. The SMILES string of the molecule is CCCC(=O)N1CCN(CC(=O)Nc2ccccc2CC)CC1. The van der Waals surface area contributed by atoms with E-state index in [9.17, 15) is 9.59 Å². The Balaban J connectivity index is 1.80. The van der Waals surface area contributed by atoms with Crippen LogP contribution >= 0.6 is 0 Å². The smallest absolute Gasteiger partial charge is 0.238 e. The molecule has 1 aromatic rings. The first kappa shape index (κ1) is 17.5. The van der Waals surface area contributed by atoms with Gasteiger partial charge in [0, 0.05) is 38.3 Å². The van der Waals surface area contributed by atoms with Crippen LogP contribution in [0.5, 0.6) is 0 Å². The average molecular weight is 317 g/mol. The van der Waals surface area contributed by atoms with Gasteiger partial charge in [-0.05, 0) is 24.5 Å². The molecule has 23 heavy (non-hydrogen) atoms. The van der Waals surface area contributed by atoms with E-state index < -0.39 is 0 Å². The Kier molecular flexibility index (Phi) is 6.59. The van der Waals surface area contributed by atoms with Crippen LogP contribution < -0.4 is 5.32 Å². The van der Waals surface area contributed by atoms with Crippen LogP contribution in [0.2, 0.25) is 0 Å². The van der Waals surface area contributed by atoms with Gasteiger partial charge < -0.3 is 10.2 Å². The summed E-state index contributed by atoms with van der Waals surface area (Å²) < 4.78 is 0. The molecule has 1 heterocycles. The molecule has 0 bridgehead atoms. The van der Waals surface area contributed by atoms with Crippen LogP contribution in [-0.2, 0) is 16.0 Å². The molecule has 0 radical (unpaired) electrons. The van der Waals surface area contributed by atoms with Crippen LogP contribution in [0, 0.1) is 0 Å². The van der Waals surface area contributed by atoms with Crippen molar-refractivity contribution in [3.05, 3.63) is 29.8 Å². The third-order valence-electron chi connectivity index (χ3n) is 4.23. The van der Waals surface area contributed by atoms with Crippen LogP contribution in [-0.4, -0.2) is 54.3 Å². The lowest BCUT2D eigenvalue weighted by molar-refractivity contribution is -0.133. The van der Waals surface area contributed by atoms with Crippen molar-refractivity contribution < 1.29 is 9.59 Å². The Hall–Kier alpha value is -1.88. The zero-order chi connectivity index (χ0) is 16.7. The number of aryl methyl sites for hydroxylation is 1. The summed E-state index contributed by atoms with van der Waals surface area (Å²) in [7, 11) is 0. The summed E-state index contributed by atoms with van der Waals surface area (Å²) in [4.78, 5) is 28.1. The maximum absolute atomic E-state index is 12.2. The number of piperazine rings is 1. The highest BCUT2D eigenvalue weighted by molar-refractivity contribution is 5.93. The second-order valence-corrected chi connectivity index (χ2v) is 5.97. The lowest BCUT2D eigenvalue weighted by Crippen LogP contribution is -2.50. The number of para-hydroxylation sites is 1. The van der Waals surface area contributed by atoms with Crippen molar-refractivity contribution in [3.8, 4) is 0 Å². The second kappa shape index (κ2) is 8.67. The Bertz CT molecular complexity index is 537. The number of amides is 2. The first-order valence-electron chi connectivity index (χ1n) is 8.52. The number of carbonyl (C=O) groups excluding carboxylic acids is 2. The van der Waals surface area contributed by atoms with E-state index in [1.165, 1.54) is 0 Å². The van der Waals surface area contributed by atoms with E-state index in [1.807, 2.05) is 36.1 Å². The largest absolute Gasteiger partial charge is 0.340 e. The molecule has 0 spiro atoms. The van der Waals surface area contributed by atoms with Gasteiger partial charge in [-0.2, -0.15) is 0 Å². The normalized spacial score (nSPS) is 15.5. The summed E-state index contributed by atoms with van der Waals surface area (Å²) in [6.45, 7) is 7.45. The predicted octanol–water partition coefficient (Wildman–Crippen LogP) is 2.13. The third kappa shape index (κ3) is 5.06. The summed E-state index contributed by atoms with van der Waals surface area (Å²) in [6.07, 6.45) is 2.40. The Morgan fingerprint density at radius 1 is 1.09 bits per heavy atom. The number of rotatable bonds is 6. The number of hydrogen-bond donors (Lipinski definition) is 1. The standard InChI is InChI=1S/C18H27N3O2/c1-3-7-18(23)21-12-10-20(11-13-21)14-17(22)19-16-9-6-5-8-15(16)4-2/h5-6,8-9H,3-4,7,10-14H2,1-2H3,(H,19,22). The van der Waals surface area contributed by atoms with Crippen molar-refractivity contribution in [2.45, 2.75) is 33.1 Å². The summed E-state index contributed by atoms with van der Waals surface area (Å²) in [5, 5.41) is 3.00. The van der Waals surface area contributed by atoms with Gasteiger partial charge in [0.05, 0.1) is 6.54 Å². The lowest BCUT2D eigenvalue weighted by atomic mass is 10.1. The summed E-state index contributed by atoms with van der Waals surface area (Å²) >= 11 is 0. The minimum Gasteiger partial charge on any atom is -0.340 e. The van der Waals surface area contributed by atoms with Crippen molar-refractivity contribution in [1.82, 2.24) is 9.80 Å². The summed E-state index contributed by atoms with van der Waals surface area (Å²) in [6, 6.07) is 7.90. The fourth-order valence-corrected chi connectivity index (χ4v) is 2.87. The number of nitrogens with zero attached hydrogens (tertiary/aromatic N) is 2. The predicted molar refractivity (Wildman–Crippen MR) is 92.4 cm³/mol. The maximum Gasteiger partial charge on any atom is 0.238 e. The average Bonchev–Trinajstić information content (AvgIpc) is 2.56. The van der Waals surface area contributed by atoms with Gasteiger partial charge in [-0.15, -0.1) is 0 Å². The van der Waals surface area contributed by atoms with Crippen LogP contribution in [0.1, 0.15) is 32.3 Å². The van der Waals surface area contributed by atoms with Gasteiger partial charge >= 0.3 is 0 Å². The first-order chi connectivity index (χ1) is 11.1. The molecule has 5 heteroatoms. The molecule has 2 amide bonds. The van der Waals surface area contributed by atoms with Crippen molar-refractivity contribution in [2.75, 3.05) is 38.0 Å². The molecule has 1 aliphatic rings. The summed E-state index contributed by atoms with van der Waals surface area (Å²) in [5.41, 5.74) is 2.05. The molecule has 0 atom stereocenters. The highest BCUT2D eigenvalue weighted by Crippen LogP contribution is 2.15. The minimum absolute atomic E-state index is 0.0132. The van der Waals surface area contributed by atoms with E-state index in [4.69, 9.17) is 0 Å². The van der Waals surface area contributed by atoms with Gasteiger partial charge in [0.15, 0.2) is 0 Å². The van der Waals surface area contributed by atoms with Crippen molar-refractivity contribution in [1.29, 1.82) is 0 Å². The van der Waals surface area contributed by atoms with Gasteiger partial charge in [0.2, 0.25) is 11.8 Å². The fourth-order valence-electron chi connectivity index (χ4n) is 2.87. The van der Waals surface area contributed by atoms with Crippen molar-refractivity contribution in [3.63, 3.8) is 0 Å². The monoisotopic (exact) mass is 317 g/mol. The molecule has 0 unspecified atom stereocenters. The Morgan fingerprint density at radius 3 is 2.43 bits per heavy atom. The van der Waals surface area contributed by atoms with Gasteiger partial charge in [0.25, 0.3) is 0 Å². The Labute approximate surface area is 138 Å². The van der Waals surface area contributed by atoms with E-state index in [1.54, 1.807) is 0 Å². The van der Waals surface area contributed by atoms with Crippen molar-refractivity contribution in [2.24, 2.45) is 0 Å². The van der Waals surface area contributed by atoms with Gasteiger partial charge in [0.1, 0.15) is 0 Å². The zero-order valence-electron chi connectivity index (χ0n) is 14.2. The molecule has 0 aromatic heterocycles. The van der Waals surface area contributed by atoms with E-state index in [2.05, 4.69) is 17.1 Å². The number of benzene rings is 1. The molecule has 0 saturated carbocycles. The molecule has 2 rings (SSSR count). The van der Waals surface area contributed by atoms with E-state index in [0.29, 0.717) is 13.0 Å². The van der Waals surface area contributed by atoms with E-state index in [-0.39, 0.29) is 11.8 Å². The van der Waals surface area contributed by atoms with Gasteiger partial charge in [-0.1, -0.05) is 32.0 Å². The summed E-state index contributed by atoms with van der Waals surface area (Å²) in [5.74, 6) is 0.243. The van der Waals surface area contributed by atoms with Crippen LogP contribution in [0.25, 0.3) is 0 Å². The molecule has 1 aliphatic heterocycles. The highest BCUT2D eigenvalue weighted by atomic mass is 16.2. The minimum atomic E-state index is 0.0132. The van der Waals surface area contributed by atoms with Gasteiger partial charge in [-0.25, -0.2) is 0 Å². The molecule has 1 saturated heterocycles. The maximum atomic E-state index is 12.2. The number of nitrogens with one attached hydrogen (secondary N) is 1. The fraction of sp³-hybridized carbons (Fsp3) is 0.556. The van der Waals surface area contributed by atoms with Crippen LogP contribution in [0.15, 0.2) is 24.3 Å². The molecule has 5 nitrogen and oxygen atoms in total. The molecule has 126 valence electrons. The van der Waals surface area contributed by atoms with Gasteiger partial charge in [-0.3, -0.25) is 14.5 Å². The van der Waals surface area contributed by atoms with Crippen molar-refractivity contribution >= 4 is 17.5 Å². The molecule has 0 aliphatic carbocycles. The molecular formula is C18H27N3O2. The number of anilines is 1. The highest BCUT2D eigenvalue weighted by Gasteiger charge is 2.21. The van der Waals surface area contributed by atoms with Crippen LogP contribution in [0.3, 0.4) is 0 Å². The Morgan fingerprint density at radius 2 is 1.78 bits per heavy atom. The van der Waals surface area contributed by atoms with E-state index in [0.717, 1.165) is 50.3 Å². The first-order valence-corrected chi connectivity index (χ1v) is 8.52. The molecule has 1 N–H and O–H groups in total. The quantitative estimate of drug-likeness (QED) is 0.874. The van der Waals surface area contributed by atoms with E-state index >= 15 is 0 Å². The topological polar surface area (TPSA) is 52.7 Å². The lowest BCUT2D eigenvalue weighted by Gasteiger charge is -2.34. The molecule has 1 aromatic carbocycles. The third-order valence-corrected chi connectivity index (χ3v) is 4.23. The molecular weight excluding hydrogens is 290 g/mol. The number of hydrogen-bond acceptors (Lipinski definition) is 3. The van der Waals surface area contributed by atoms with Crippen LogP contribution in [0.4, 0.5) is 5.69 Å². The second-order valence-electron chi connectivity index (χ2n) is 5.97.